The molecule has 292 valence electrons. The van der Waals surface area contributed by atoms with Crippen molar-refractivity contribution in [2.24, 2.45) is 0 Å². The second kappa shape index (κ2) is 12.9. The Morgan fingerprint density at radius 3 is 1.68 bits per heavy atom. The Bertz CT molecular complexity index is 4070. The minimum absolute atomic E-state index is 0.609. The average molecular weight is 804 g/mol. The van der Waals surface area contributed by atoms with E-state index in [2.05, 4.69) is 185 Å². The van der Waals surface area contributed by atoms with E-state index in [1.165, 1.54) is 38.1 Å². The molecule has 6 nitrogen and oxygen atoms in total. The molecule has 0 saturated heterocycles. The third-order valence-corrected chi connectivity index (χ3v) is 12.9. The summed E-state index contributed by atoms with van der Waals surface area (Å²) in [5.74, 6) is 1.85. The van der Waals surface area contributed by atoms with Crippen LogP contribution in [0.4, 0.5) is 0 Å². The Labute approximate surface area is 360 Å². The van der Waals surface area contributed by atoms with Crippen molar-refractivity contribution in [1.82, 2.24) is 23.9 Å². The van der Waals surface area contributed by atoms with Crippen LogP contribution in [0.25, 0.3) is 133 Å². The van der Waals surface area contributed by atoms with Crippen LogP contribution in [0.15, 0.2) is 205 Å². The van der Waals surface area contributed by atoms with Crippen molar-refractivity contribution < 1.29 is 4.42 Å². The van der Waals surface area contributed by atoms with Gasteiger partial charge >= 0.3 is 0 Å². The smallest absolute Gasteiger partial charge is 0.164 e. The van der Waals surface area contributed by atoms with E-state index in [0.29, 0.717) is 17.5 Å². The summed E-state index contributed by atoms with van der Waals surface area (Å²) in [5, 5.41) is 7.19. The number of rotatable bonds is 6. The lowest BCUT2D eigenvalue weighted by molar-refractivity contribution is 0.669. The van der Waals surface area contributed by atoms with Crippen molar-refractivity contribution in [2.75, 3.05) is 0 Å². The van der Waals surface area contributed by atoms with Gasteiger partial charge in [-0.2, -0.15) is 0 Å². The fourth-order valence-corrected chi connectivity index (χ4v) is 10.2. The van der Waals surface area contributed by atoms with Gasteiger partial charge in [0.05, 0.1) is 38.7 Å². The number of para-hydroxylation sites is 2. The number of nitrogens with zero attached hydrogens (tertiary/aromatic N) is 5. The summed E-state index contributed by atoms with van der Waals surface area (Å²) in [7, 11) is 0. The Balaban J connectivity index is 1.01. The maximum absolute atomic E-state index is 6.68. The van der Waals surface area contributed by atoms with E-state index in [1.54, 1.807) is 0 Å². The van der Waals surface area contributed by atoms with Crippen LogP contribution in [0.5, 0.6) is 0 Å². The molecule has 5 aromatic heterocycles. The van der Waals surface area contributed by atoms with Gasteiger partial charge in [0.15, 0.2) is 17.5 Å². The zero-order valence-corrected chi connectivity index (χ0v) is 33.7. The Hall–Kier alpha value is -8.61. The van der Waals surface area contributed by atoms with Gasteiger partial charge < -0.3 is 13.4 Å². The van der Waals surface area contributed by atoms with Gasteiger partial charge in [0.2, 0.25) is 0 Å². The number of fused-ring (bicyclic) bond motifs is 4. The summed E-state index contributed by atoms with van der Waals surface area (Å²) in [5.41, 5.74) is 15.8. The first-order chi connectivity index (χ1) is 31.3. The first kappa shape index (κ1) is 34.1. The summed E-state index contributed by atoms with van der Waals surface area (Å²) >= 11 is 0. The van der Waals surface area contributed by atoms with Crippen molar-refractivity contribution >= 4 is 71.1 Å². The molecule has 0 aliphatic heterocycles. The van der Waals surface area contributed by atoms with Crippen LogP contribution in [-0.4, -0.2) is 23.9 Å². The second-order valence-electron chi connectivity index (χ2n) is 16.3. The van der Waals surface area contributed by atoms with Crippen molar-refractivity contribution in [3.63, 3.8) is 0 Å². The lowest BCUT2D eigenvalue weighted by Crippen LogP contribution is -2.02. The quantitative estimate of drug-likeness (QED) is 0.168. The Morgan fingerprint density at radius 2 is 0.873 bits per heavy atom. The highest BCUT2D eigenvalue weighted by Crippen LogP contribution is 2.49. The minimum atomic E-state index is 0.609. The highest BCUT2D eigenvalue weighted by atomic mass is 16.3. The molecule has 0 saturated carbocycles. The van der Waals surface area contributed by atoms with Crippen molar-refractivity contribution in [1.29, 1.82) is 0 Å². The molecule has 0 unspecified atom stereocenters. The molecule has 0 amide bonds. The van der Waals surface area contributed by atoms with Crippen LogP contribution in [0.1, 0.15) is 0 Å². The van der Waals surface area contributed by atoms with Crippen LogP contribution in [-0.2, 0) is 0 Å². The monoisotopic (exact) mass is 803 g/mol. The number of hydrogen-bond donors (Lipinski definition) is 0. The topological polar surface area (TPSA) is 61.2 Å². The first-order valence-corrected chi connectivity index (χ1v) is 21.3. The second-order valence-corrected chi connectivity index (χ2v) is 16.3. The van der Waals surface area contributed by atoms with Crippen LogP contribution >= 0.6 is 0 Å². The molecule has 0 aliphatic rings. The SMILES string of the molecule is c1ccc(-c2ccc(-c3nc(-c4ccccc4)nc(-c4ccccc4-c4ccccc4-n4c5ccc6oc7ccc8c9ccccc9n9c%10cccc4c%10c5c6c7c89)n3)cc2)cc1. The minimum Gasteiger partial charge on any atom is -0.456 e. The van der Waals surface area contributed by atoms with Crippen LogP contribution in [0.2, 0.25) is 0 Å². The maximum Gasteiger partial charge on any atom is 0.164 e. The van der Waals surface area contributed by atoms with E-state index in [-0.39, 0.29) is 0 Å². The van der Waals surface area contributed by atoms with E-state index < -0.39 is 0 Å². The van der Waals surface area contributed by atoms with Gasteiger partial charge in [-0.15, -0.1) is 0 Å². The highest BCUT2D eigenvalue weighted by Gasteiger charge is 2.27. The fraction of sp³-hybridized carbons (Fsp3) is 0. The third kappa shape index (κ3) is 4.86. The molecule has 0 bridgehead atoms. The Morgan fingerprint density at radius 1 is 0.317 bits per heavy atom. The third-order valence-electron chi connectivity index (χ3n) is 12.9. The molecule has 0 spiro atoms. The van der Waals surface area contributed by atoms with Crippen LogP contribution < -0.4 is 0 Å². The molecule has 0 radical (unpaired) electrons. The number of aromatic nitrogens is 5. The van der Waals surface area contributed by atoms with Crippen molar-refractivity contribution in [3.05, 3.63) is 200 Å². The molecular weight excluding hydrogens is 771 g/mol. The van der Waals surface area contributed by atoms with E-state index in [4.69, 9.17) is 19.4 Å². The lowest BCUT2D eigenvalue weighted by Gasteiger charge is -2.17. The number of hydrogen-bond acceptors (Lipinski definition) is 4. The predicted molar refractivity (Wildman–Crippen MR) is 257 cm³/mol. The van der Waals surface area contributed by atoms with Crippen molar-refractivity contribution in [3.8, 4) is 62.1 Å². The summed E-state index contributed by atoms with van der Waals surface area (Å²) < 4.78 is 11.6. The molecule has 63 heavy (non-hydrogen) atoms. The van der Waals surface area contributed by atoms with Gasteiger partial charge in [-0.05, 0) is 65.2 Å². The lowest BCUT2D eigenvalue weighted by atomic mass is 9.97. The van der Waals surface area contributed by atoms with Crippen LogP contribution in [0.3, 0.4) is 0 Å². The molecule has 0 N–H and O–H groups in total. The van der Waals surface area contributed by atoms with Gasteiger partial charge in [-0.25, -0.2) is 15.0 Å². The van der Waals surface area contributed by atoms with Crippen LogP contribution in [0, 0.1) is 0 Å². The number of furan rings is 1. The molecule has 6 heteroatoms. The molecule has 9 aromatic carbocycles. The van der Waals surface area contributed by atoms with E-state index in [1.807, 2.05) is 24.3 Å². The van der Waals surface area contributed by atoms with Gasteiger partial charge in [-0.1, -0.05) is 152 Å². The highest BCUT2D eigenvalue weighted by molar-refractivity contribution is 6.37. The maximum atomic E-state index is 6.68. The van der Waals surface area contributed by atoms with Gasteiger partial charge in [0.1, 0.15) is 11.2 Å². The molecule has 0 atom stereocenters. The van der Waals surface area contributed by atoms with Gasteiger partial charge in [-0.3, -0.25) is 0 Å². The first-order valence-electron chi connectivity index (χ1n) is 21.3. The van der Waals surface area contributed by atoms with E-state index in [0.717, 1.165) is 77.6 Å². The summed E-state index contributed by atoms with van der Waals surface area (Å²) in [6, 6.07) is 70.5. The normalized spacial score (nSPS) is 12.1. The standard InChI is InChI=1S/C57H33N5O/c1-3-14-34(15-4-1)35-26-28-37(29-27-35)56-58-55(36-16-5-2-6-17-36)59-57(60-56)42-21-8-7-18-38(42)39-19-9-11-22-43(39)61-45-24-13-25-46-50(45)51-47(61)31-33-48-52(51)53-49(63-48)32-30-41-40-20-10-12-23-44(40)62(46)54(41)53/h1-33H. The number of benzene rings is 9. The molecular formula is C57H33N5O. The molecule has 0 fully saturated rings. The largest absolute Gasteiger partial charge is 0.456 e. The zero-order valence-electron chi connectivity index (χ0n) is 33.7. The van der Waals surface area contributed by atoms with E-state index in [9.17, 15) is 0 Å². The van der Waals surface area contributed by atoms with Crippen molar-refractivity contribution in [2.45, 2.75) is 0 Å². The van der Waals surface area contributed by atoms with Gasteiger partial charge in [0.25, 0.3) is 0 Å². The summed E-state index contributed by atoms with van der Waals surface area (Å²) in [6.45, 7) is 0. The molecule has 5 heterocycles. The molecule has 14 rings (SSSR count). The predicted octanol–water partition coefficient (Wildman–Crippen LogP) is 14.6. The molecule has 14 aromatic rings. The molecule has 0 aliphatic carbocycles. The zero-order chi connectivity index (χ0) is 41.2. The fourth-order valence-electron chi connectivity index (χ4n) is 10.2. The Kier molecular flexibility index (Phi) is 7.02. The summed E-state index contributed by atoms with van der Waals surface area (Å²) in [6.07, 6.45) is 0. The average Bonchev–Trinajstić information content (AvgIpc) is 3.99. The van der Waals surface area contributed by atoms with E-state index >= 15 is 0 Å². The summed E-state index contributed by atoms with van der Waals surface area (Å²) in [4.78, 5) is 15.5. The van der Waals surface area contributed by atoms with Gasteiger partial charge in [0, 0.05) is 49.2 Å².